The molecule has 29 heavy (non-hydrogen) atoms. The molecule has 2 aromatic rings. The lowest BCUT2D eigenvalue weighted by Crippen LogP contribution is -2.32. The van der Waals surface area contributed by atoms with E-state index in [4.69, 9.17) is 4.74 Å². The summed E-state index contributed by atoms with van der Waals surface area (Å²) in [6, 6.07) is 14.8. The molecule has 1 amide bonds. The van der Waals surface area contributed by atoms with Crippen LogP contribution in [-0.2, 0) is 11.2 Å². The fourth-order valence-corrected chi connectivity index (χ4v) is 3.99. The van der Waals surface area contributed by atoms with Gasteiger partial charge in [-0.15, -0.1) is 0 Å². The normalized spacial score (nSPS) is 15.8. The van der Waals surface area contributed by atoms with Crippen molar-refractivity contribution in [2.45, 2.75) is 52.5 Å². The summed E-state index contributed by atoms with van der Waals surface area (Å²) in [6.45, 7) is 8.68. The summed E-state index contributed by atoms with van der Waals surface area (Å²) in [7, 11) is 1.68. The van der Waals surface area contributed by atoms with Gasteiger partial charge >= 0.3 is 0 Å². The monoisotopic (exact) mass is 394 g/mol. The summed E-state index contributed by atoms with van der Waals surface area (Å²) in [4.78, 5) is 14.9. The van der Waals surface area contributed by atoms with Crippen LogP contribution in [0.1, 0.15) is 55.8 Å². The Balaban J connectivity index is 1.49. The Morgan fingerprint density at radius 3 is 2.48 bits per heavy atom. The van der Waals surface area contributed by atoms with Crippen molar-refractivity contribution in [3.8, 4) is 5.75 Å². The van der Waals surface area contributed by atoms with Crippen molar-refractivity contribution in [3.05, 3.63) is 59.2 Å². The van der Waals surface area contributed by atoms with E-state index in [1.165, 1.54) is 18.5 Å². The number of amides is 1. The van der Waals surface area contributed by atoms with Crippen LogP contribution in [0.25, 0.3) is 0 Å². The van der Waals surface area contributed by atoms with Gasteiger partial charge in [-0.3, -0.25) is 4.79 Å². The molecule has 0 saturated carbocycles. The Hall–Kier alpha value is -2.49. The van der Waals surface area contributed by atoms with Gasteiger partial charge in [0, 0.05) is 25.2 Å². The van der Waals surface area contributed by atoms with Crippen LogP contribution in [0, 0.1) is 12.8 Å². The lowest BCUT2D eigenvalue weighted by molar-refractivity contribution is -0.121. The highest BCUT2D eigenvalue weighted by Crippen LogP contribution is 2.25. The van der Waals surface area contributed by atoms with Crippen molar-refractivity contribution < 1.29 is 9.53 Å². The molecule has 1 unspecified atom stereocenters. The molecule has 1 saturated heterocycles. The molecule has 1 heterocycles. The van der Waals surface area contributed by atoms with Crippen molar-refractivity contribution in [1.29, 1.82) is 0 Å². The first-order chi connectivity index (χ1) is 14.0. The standard InChI is InChI=1S/C25H34N2O2/c1-18-13-15-27(16-14-18)23-9-7-22(8-10-23)20(3)26-25(28)12-6-21-5-11-24(29-4)19(2)17-21/h5,7-11,17-18,20H,6,12-16H2,1-4H3,(H,26,28). The van der Waals surface area contributed by atoms with Gasteiger partial charge in [0.05, 0.1) is 13.2 Å². The number of hydrogen-bond acceptors (Lipinski definition) is 3. The average molecular weight is 395 g/mol. The quantitative estimate of drug-likeness (QED) is 0.714. The Kier molecular flexibility index (Phi) is 7.18. The molecular weight excluding hydrogens is 360 g/mol. The predicted molar refractivity (Wildman–Crippen MR) is 120 cm³/mol. The zero-order valence-corrected chi connectivity index (χ0v) is 18.2. The fourth-order valence-electron chi connectivity index (χ4n) is 3.99. The van der Waals surface area contributed by atoms with E-state index in [0.717, 1.165) is 47.9 Å². The van der Waals surface area contributed by atoms with E-state index in [0.29, 0.717) is 6.42 Å². The Bertz CT molecular complexity index is 808. The van der Waals surface area contributed by atoms with E-state index < -0.39 is 0 Å². The summed E-state index contributed by atoms with van der Waals surface area (Å²) < 4.78 is 5.30. The van der Waals surface area contributed by atoms with Gasteiger partial charge in [0.15, 0.2) is 0 Å². The molecule has 1 atom stereocenters. The Morgan fingerprint density at radius 2 is 1.86 bits per heavy atom. The third kappa shape index (κ3) is 5.75. The van der Waals surface area contributed by atoms with E-state index in [1.807, 2.05) is 26.0 Å². The molecular formula is C25H34N2O2. The van der Waals surface area contributed by atoms with Crippen LogP contribution in [0.15, 0.2) is 42.5 Å². The average Bonchev–Trinajstić information content (AvgIpc) is 2.73. The minimum Gasteiger partial charge on any atom is -0.496 e. The van der Waals surface area contributed by atoms with Gasteiger partial charge in [-0.2, -0.15) is 0 Å². The first-order valence-corrected chi connectivity index (χ1v) is 10.7. The van der Waals surface area contributed by atoms with E-state index >= 15 is 0 Å². The summed E-state index contributed by atoms with van der Waals surface area (Å²) >= 11 is 0. The van der Waals surface area contributed by atoms with E-state index in [-0.39, 0.29) is 11.9 Å². The zero-order valence-electron chi connectivity index (χ0n) is 18.2. The maximum absolute atomic E-state index is 12.4. The van der Waals surface area contributed by atoms with E-state index in [9.17, 15) is 4.79 Å². The topological polar surface area (TPSA) is 41.6 Å². The van der Waals surface area contributed by atoms with Crippen LogP contribution in [0.2, 0.25) is 0 Å². The van der Waals surface area contributed by atoms with Crippen molar-refractivity contribution in [2.24, 2.45) is 5.92 Å². The second-order valence-corrected chi connectivity index (χ2v) is 8.35. The van der Waals surface area contributed by atoms with Crippen LogP contribution in [0.5, 0.6) is 5.75 Å². The lowest BCUT2D eigenvalue weighted by atomic mass is 9.98. The number of hydrogen-bond donors (Lipinski definition) is 1. The maximum atomic E-state index is 12.4. The number of anilines is 1. The van der Waals surface area contributed by atoms with Crippen LogP contribution in [0.3, 0.4) is 0 Å². The van der Waals surface area contributed by atoms with Crippen molar-refractivity contribution in [3.63, 3.8) is 0 Å². The molecule has 1 aliphatic heterocycles. The van der Waals surface area contributed by atoms with E-state index in [1.54, 1.807) is 7.11 Å². The molecule has 0 aromatic heterocycles. The molecule has 1 fully saturated rings. The fraction of sp³-hybridized carbons (Fsp3) is 0.480. The van der Waals surface area contributed by atoms with Gasteiger partial charge in [-0.05, 0) is 73.9 Å². The Labute approximate surface area is 175 Å². The minimum atomic E-state index is 0.00975. The van der Waals surface area contributed by atoms with Crippen LogP contribution < -0.4 is 15.0 Å². The summed E-state index contributed by atoms with van der Waals surface area (Å²) in [5.74, 6) is 1.80. The third-order valence-electron chi connectivity index (χ3n) is 6.02. The van der Waals surface area contributed by atoms with Crippen molar-refractivity contribution in [1.82, 2.24) is 5.32 Å². The number of nitrogens with one attached hydrogen (secondary N) is 1. The molecule has 0 aliphatic carbocycles. The summed E-state index contributed by atoms with van der Waals surface area (Å²) in [5, 5.41) is 3.13. The highest BCUT2D eigenvalue weighted by atomic mass is 16.5. The van der Waals surface area contributed by atoms with Crippen LogP contribution >= 0.6 is 0 Å². The lowest BCUT2D eigenvalue weighted by Gasteiger charge is -2.32. The van der Waals surface area contributed by atoms with Gasteiger partial charge in [-0.1, -0.05) is 31.2 Å². The first kappa shape index (κ1) is 21.2. The summed E-state index contributed by atoms with van der Waals surface area (Å²) in [5.41, 5.74) is 4.69. The van der Waals surface area contributed by atoms with Crippen molar-refractivity contribution >= 4 is 11.6 Å². The smallest absolute Gasteiger partial charge is 0.220 e. The number of rotatable bonds is 7. The molecule has 0 bridgehead atoms. The highest BCUT2D eigenvalue weighted by Gasteiger charge is 2.16. The number of aryl methyl sites for hydroxylation is 2. The first-order valence-electron chi connectivity index (χ1n) is 10.7. The largest absolute Gasteiger partial charge is 0.496 e. The van der Waals surface area contributed by atoms with Gasteiger partial charge in [0.1, 0.15) is 5.75 Å². The molecule has 3 rings (SSSR count). The van der Waals surface area contributed by atoms with Crippen LogP contribution in [0.4, 0.5) is 5.69 Å². The Morgan fingerprint density at radius 1 is 1.17 bits per heavy atom. The van der Waals surface area contributed by atoms with Gasteiger partial charge < -0.3 is 15.0 Å². The number of ether oxygens (including phenoxy) is 1. The van der Waals surface area contributed by atoms with Crippen LogP contribution in [-0.4, -0.2) is 26.1 Å². The number of carbonyl (C=O) groups excluding carboxylic acids is 1. The molecule has 1 N–H and O–H groups in total. The predicted octanol–water partition coefficient (Wildman–Crippen LogP) is 5.05. The molecule has 4 heteroatoms. The maximum Gasteiger partial charge on any atom is 0.220 e. The highest BCUT2D eigenvalue weighted by molar-refractivity contribution is 5.76. The number of piperidine rings is 1. The zero-order chi connectivity index (χ0) is 20.8. The summed E-state index contributed by atoms with van der Waals surface area (Å²) in [6.07, 6.45) is 3.75. The van der Waals surface area contributed by atoms with Crippen molar-refractivity contribution in [2.75, 3.05) is 25.1 Å². The number of carbonyl (C=O) groups is 1. The molecule has 0 spiro atoms. The SMILES string of the molecule is COc1ccc(CCC(=O)NC(C)c2ccc(N3CCC(C)CC3)cc2)cc1C. The third-order valence-corrected chi connectivity index (χ3v) is 6.02. The molecule has 0 radical (unpaired) electrons. The molecule has 1 aliphatic rings. The van der Waals surface area contributed by atoms with E-state index in [2.05, 4.69) is 47.5 Å². The molecule has 156 valence electrons. The number of benzene rings is 2. The minimum absolute atomic E-state index is 0.00975. The second kappa shape index (κ2) is 9.82. The molecule has 2 aromatic carbocycles. The van der Waals surface area contributed by atoms with Gasteiger partial charge in [0.25, 0.3) is 0 Å². The molecule has 4 nitrogen and oxygen atoms in total. The number of nitrogens with zero attached hydrogens (tertiary/aromatic N) is 1. The van der Waals surface area contributed by atoms with Gasteiger partial charge in [0.2, 0.25) is 5.91 Å². The number of methoxy groups -OCH3 is 1. The second-order valence-electron chi connectivity index (χ2n) is 8.35. The van der Waals surface area contributed by atoms with Gasteiger partial charge in [-0.25, -0.2) is 0 Å².